The van der Waals surface area contributed by atoms with E-state index in [1.54, 1.807) is 0 Å². The molecule has 3 nitrogen and oxygen atoms in total. The number of hydrogen-bond acceptors (Lipinski definition) is 3. The van der Waals surface area contributed by atoms with Gasteiger partial charge in [0.15, 0.2) is 0 Å². The molecule has 2 aromatic heterocycles. The maximum atomic E-state index is 6.23. The topological polar surface area (TPSA) is 52.3 Å². The first kappa shape index (κ1) is 12.5. The molecule has 1 unspecified atom stereocenters. The fourth-order valence-corrected chi connectivity index (χ4v) is 2.62. The van der Waals surface area contributed by atoms with Crippen LogP contribution in [0.25, 0.3) is 11.0 Å². The number of fused-ring (bicyclic) bond motifs is 1. The van der Waals surface area contributed by atoms with Crippen molar-refractivity contribution >= 4 is 26.9 Å². The van der Waals surface area contributed by atoms with E-state index in [0.717, 1.165) is 38.3 Å². The molecule has 19 heavy (non-hydrogen) atoms. The SMILES string of the molecule is Cc1ccc(C(N)c2oc3ccc(Br)cc3c2C)o1. The highest BCUT2D eigenvalue weighted by Gasteiger charge is 2.21. The minimum absolute atomic E-state index is 0.375. The fraction of sp³-hybridized carbons (Fsp3) is 0.200. The third-order valence-corrected chi connectivity index (χ3v) is 3.78. The van der Waals surface area contributed by atoms with Crippen molar-refractivity contribution in [3.8, 4) is 0 Å². The molecule has 3 rings (SSSR count). The number of aryl methyl sites for hydroxylation is 2. The van der Waals surface area contributed by atoms with Crippen LogP contribution in [0.1, 0.15) is 28.9 Å². The van der Waals surface area contributed by atoms with Crippen molar-refractivity contribution in [2.75, 3.05) is 0 Å². The average molecular weight is 320 g/mol. The van der Waals surface area contributed by atoms with Crippen LogP contribution in [0.15, 0.2) is 43.6 Å². The van der Waals surface area contributed by atoms with E-state index in [9.17, 15) is 0 Å². The van der Waals surface area contributed by atoms with Crippen LogP contribution in [0.4, 0.5) is 0 Å². The molecule has 0 aliphatic rings. The number of furan rings is 2. The third-order valence-electron chi connectivity index (χ3n) is 3.29. The summed E-state index contributed by atoms with van der Waals surface area (Å²) in [6.45, 7) is 3.92. The van der Waals surface area contributed by atoms with E-state index in [1.165, 1.54) is 0 Å². The van der Waals surface area contributed by atoms with E-state index in [2.05, 4.69) is 15.9 Å². The van der Waals surface area contributed by atoms with Gasteiger partial charge in [0.2, 0.25) is 0 Å². The van der Waals surface area contributed by atoms with Crippen LogP contribution < -0.4 is 5.73 Å². The van der Waals surface area contributed by atoms with Gasteiger partial charge in [-0.15, -0.1) is 0 Å². The molecule has 1 atom stereocenters. The Hall–Kier alpha value is -1.52. The van der Waals surface area contributed by atoms with Gasteiger partial charge in [0.25, 0.3) is 0 Å². The number of halogens is 1. The zero-order chi connectivity index (χ0) is 13.6. The lowest BCUT2D eigenvalue weighted by atomic mass is 10.1. The molecule has 98 valence electrons. The molecular formula is C15H14BrNO2. The van der Waals surface area contributed by atoms with Crippen LogP contribution in [0.5, 0.6) is 0 Å². The lowest BCUT2D eigenvalue weighted by molar-refractivity contribution is 0.430. The Morgan fingerprint density at radius 3 is 2.58 bits per heavy atom. The number of nitrogens with two attached hydrogens (primary N) is 1. The van der Waals surface area contributed by atoms with Crippen LogP contribution in [-0.4, -0.2) is 0 Å². The molecule has 0 amide bonds. The fourth-order valence-electron chi connectivity index (χ4n) is 2.26. The maximum absolute atomic E-state index is 6.23. The second kappa shape index (κ2) is 4.54. The number of rotatable bonds is 2. The van der Waals surface area contributed by atoms with Crippen molar-refractivity contribution in [2.24, 2.45) is 5.73 Å². The third kappa shape index (κ3) is 2.11. The molecule has 0 aliphatic heterocycles. The maximum Gasteiger partial charge on any atom is 0.134 e. The van der Waals surface area contributed by atoms with Gasteiger partial charge in [0.05, 0.1) is 0 Å². The minimum atomic E-state index is -0.375. The summed E-state index contributed by atoms with van der Waals surface area (Å²) in [7, 11) is 0. The molecule has 2 N–H and O–H groups in total. The van der Waals surface area contributed by atoms with E-state index in [4.69, 9.17) is 14.6 Å². The van der Waals surface area contributed by atoms with Gasteiger partial charge in [0.1, 0.15) is 28.9 Å². The van der Waals surface area contributed by atoms with Crippen molar-refractivity contribution in [3.05, 3.63) is 57.6 Å². The van der Waals surface area contributed by atoms with Gasteiger partial charge in [-0.2, -0.15) is 0 Å². The molecule has 4 heteroatoms. The first-order chi connectivity index (χ1) is 9.06. The number of hydrogen-bond donors (Lipinski definition) is 1. The lowest BCUT2D eigenvalue weighted by Crippen LogP contribution is -2.11. The zero-order valence-electron chi connectivity index (χ0n) is 10.7. The first-order valence-electron chi connectivity index (χ1n) is 6.06. The standard InChI is InChI=1S/C15H14BrNO2/c1-8-3-5-13(18-8)14(17)15-9(2)11-7-10(16)4-6-12(11)19-15/h3-7,14H,17H2,1-2H3. The summed E-state index contributed by atoms with van der Waals surface area (Å²) in [6.07, 6.45) is 0. The molecule has 0 bridgehead atoms. The highest BCUT2D eigenvalue weighted by molar-refractivity contribution is 9.10. The normalized spacial score (nSPS) is 13.1. The molecule has 3 aromatic rings. The Balaban J connectivity index is 2.12. The van der Waals surface area contributed by atoms with Gasteiger partial charge in [-0.25, -0.2) is 0 Å². The van der Waals surface area contributed by atoms with Gasteiger partial charge >= 0.3 is 0 Å². The Morgan fingerprint density at radius 2 is 1.89 bits per heavy atom. The van der Waals surface area contributed by atoms with Gasteiger partial charge < -0.3 is 14.6 Å². The summed E-state index contributed by atoms with van der Waals surface area (Å²) in [4.78, 5) is 0. The number of benzene rings is 1. The van der Waals surface area contributed by atoms with Gasteiger partial charge in [-0.3, -0.25) is 0 Å². The largest absolute Gasteiger partial charge is 0.464 e. The molecule has 0 saturated carbocycles. The minimum Gasteiger partial charge on any atom is -0.464 e. The van der Waals surface area contributed by atoms with Crippen molar-refractivity contribution in [2.45, 2.75) is 19.9 Å². The molecule has 0 spiro atoms. The smallest absolute Gasteiger partial charge is 0.134 e. The summed E-state index contributed by atoms with van der Waals surface area (Å²) >= 11 is 3.47. The molecule has 0 saturated heterocycles. The van der Waals surface area contributed by atoms with Crippen molar-refractivity contribution in [1.29, 1.82) is 0 Å². The Kier molecular flexibility index (Phi) is 2.99. The van der Waals surface area contributed by atoms with Crippen LogP contribution >= 0.6 is 15.9 Å². The summed E-state index contributed by atoms with van der Waals surface area (Å²) in [5.41, 5.74) is 8.13. The van der Waals surface area contributed by atoms with Crippen LogP contribution in [0.3, 0.4) is 0 Å². The zero-order valence-corrected chi connectivity index (χ0v) is 12.3. The molecule has 2 heterocycles. The van der Waals surface area contributed by atoms with Crippen LogP contribution in [-0.2, 0) is 0 Å². The van der Waals surface area contributed by atoms with E-state index in [0.29, 0.717) is 0 Å². The Morgan fingerprint density at radius 1 is 1.11 bits per heavy atom. The highest BCUT2D eigenvalue weighted by atomic mass is 79.9. The summed E-state index contributed by atoms with van der Waals surface area (Å²) in [6, 6.07) is 9.36. The predicted molar refractivity (Wildman–Crippen MR) is 78.1 cm³/mol. The van der Waals surface area contributed by atoms with Crippen molar-refractivity contribution < 1.29 is 8.83 Å². The monoisotopic (exact) mass is 319 g/mol. The molecule has 1 aromatic carbocycles. The van der Waals surface area contributed by atoms with E-state index in [-0.39, 0.29) is 6.04 Å². The summed E-state index contributed by atoms with van der Waals surface area (Å²) in [5, 5.41) is 1.07. The van der Waals surface area contributed by atoms with E-state index in [1.807, 2.05) is 44.2 Å². The average Bonchev–Trinajstić information content (AvgIpc) is 2.94. The Labute approximate surface area is 119 Å². The summed E-state index contributed by atoms with van der Waals surface area (Å²) < 4.78 is 12.5. The highest BCUT2D eigenvalue weighted by Crippen LogP contribution is 2.33. The quantitative estimate of drug-likeness (QED) is 0.759. The predicted octanol–water partition coefficient (Wildman–Crippen LogP) is 4.45. The molecule has 0 radical (unpaired) electrons. The lowest BCUT2D eigenvalue weighted by Gasteiger charge is -2.06. The van der Waals surface area contributed by atoms with Crippen LogP contribution in [0, 0.1) is 13.8 Å². The summed E-state index contributed by atoms with van der Waals surface area (Å²) in [5.74, 6) is 2.32. The van der Waals surface area contributed by atoms with Crippen molar-refractivity contribution in [3.63, 3.8) is 0 Å². The van der Waals surface area contributed by atoms with E-state index >= 15 is 0 Å². The second-order valence-corrected chi connectivity index (χ2v) is 5.57. The Bertz CT molecular complexity index is 742. The van der Waals surface area contributed by atoms with Crippen LogP contribution in [0.2, 0.25) is 0 Å². The van der Waals surface area contributed by atoms with Gasteiger partial charge in [-0.1, -0.05) is 15.9 Å². The van der Waals surface area contributed by atoms with Crippen molar-refractivity contribution in [1.82, 2.24) is 0 Å². The first-order valence-corrected chi connectivity index (χ1v) is 6.86. The van der Waals surface area contributed by atoms with Gasteiger partial charge in [0, 0.05) is 15.4 Å². The molecule has 0 aliphatic carbocycles. The van der Waals surface area contributed by atoms with Gasteiger partial charge in [-0.05, 0) is 44.2 Å². The van der Waals surface area contributed by atoms with E-state index < -0.39 is 0 Å². The molecule has 0 fully saturated rings. The second-order valence-electron chi connectivity index (χ2n) is 4.66. The molecular weight excluding hydrogens is 306 g/mol.